The van der Waals surface area contributed by atoms with E-state index in [0.29, 0.717) is 26.6 Å². The molecule has 2 aliphatic heterocycles. The lowest BCUT2D eigenvalue weighted by molar-refractivity contribution is -0.126. The van der Waals surface area contributed by atoms with Gasteiger partial charge in [-0.05, 0) is 66.7 Å². The van der Waals surface area contributed by atoms with Crippen LogP contribution in [-0.2, 0) is 4.79 Å². The van der Waals surface area contributed by atoms with Gasteiger partial charge in [-0.3, -0.25) is 4.79 Å². The third-order valence-corrected chi connectivity index (χ3v) is 7.00. The molecule has 166 valence electrons. The van der Waals surface area contributed by atoms with Crippen molar-refractivity contribution < 1.29 is 4.79 Å². The van der Waals surface area contributed by atoms with Crippen molar-refractivity contribution in [2.75, 3.05) is 5.01 Å². The van der Waals surface area contributed by atoms with Crippen LogP contribution in [0.4, 0.5) is 5.69 Å². The largest absolute Gasteiger partial charge is 0.354 e. The van der Waals surface area contributed by atoms with Crippen LogP contribution in [0.25, 0.3) is 0 Å². The predicted molar refractivity (Wildman–Crippen MR) is 137 cm³/mol. The summed E-state index contributed by atoms with van der Waals surface area (Å²) in [5, 5.41) is 14.6. The van der Waals surface area contributed by atoms with E-state index < -0.39 is 17.5 Å². The van der Waals surface area contributed by atoms with Crippen molar-refractivity contribution in [1.29, 1.82) is 0 Å². The maximum atomic E-state index is 14.3. The number of carbonyl (C=O) groups is 1. The number of halogens is 2. The zero-order valence-electron chi connectivity index (χ0n) is 17.6. The Balaban J connectivity index is 1.72. The summed E-state index contributed by atoms with van der Waals surface area (Å²) in [6, 6.07) is 23.4. The number of anilines is 1. The minimum atomic E-state index is -1.08. The molecule has 1 spiro atoms. The van der Waals surface area contributed by atoms with E-state index >= 15 is 0 Å². The molecule has 33 heavy (non-hydrogen) atoms. The fourth-order valence-corrected chi connectivity index (χ4v) is 5.21. The highest BCUT2D eigenvalue weighted by molar-refractivity contribution is 7.80. The van der Waals surface area contributed by atoms with E-state index in [2.05, 4.69) is 10.6 Å². The molecule has 8 heteroatoms. The molecule has 0 bridgehead atoms. The average Bonchev–Trinajstić information content (AvgIpc) is 3.08. The summed E-state index contributed by atoms with van der Waals surface area (Å²) < 4.78 is 0. The molecule has 2 heterocycles. The maximum Gasteiger partial charge on any atom is 0.264 e. The Hall–Kier alpha value is -2.93. The Kier molecular flexibility index (Phi) is 5.60. The molecule has 0 aliphatic carbocycles. The molecule has 1 amide bonds. The third-order valence-electron chi connectivity index (χ3n) is 6.26. The van der Waals surface area contributed by atoms with E-state index in [1.54, 1.807) is 0 Å². The summed E-state index contributed by atoms with van der Waals surface area (Å²) >= 11 is 17.9. The summed E-state index contributed by atoms with van der Waals surface area (Å²) in [6.45, 7) is 1.89. The minimum Gasteiger partial charge on any atom is -0.354 e. The van der Waals surface area contributed by atoms with Crippen molar-refractivity contribution in [2.24, 2.45) is 10.5 Å². The van der Waals surface area contributed by atoms with Crippen LogP contribution in [0.15, 0.2) is 84.0 Å². The lowest BCUT2D eigenvalue weighted by Crippen LogP contribution is -2.63. The van der Waals surface area contributed by atoms with E-state index in [9.17, 15) is 4.79 Å². The second kappa shape index (κ2) is 8.45. The quantitative estimate of drug-likeness (QED) is 0.461. The van der Waals surface area contributed by atoms with Gasteiger partial charge >= 0.3 is 0 Å². The number of amides is 1. The first-order chi connectivity index (χ1) is 15.9. The van der Waals surface area contributed by atoms with E-state index in [-0.39, 0.29) is 5.91 Å². The van der Waals surface area contributed by atoms with Gasteiger partial charge in [-0.25, -0.2) is 0 Å². The van der Waals surface area contributed by atoms with Crippen LogP contribution in [-0.4, -0.2) is 16.7 Å². The molecular weight excluding hydrogens is 475 g/mol. The molecule has 0 saturated carbocycles. The van der Waals surface area contributed by atoms with Gasteiger partial charge in [0.25, 0.3) is 5.91 Å². The Morgan fingerprint density at radius 3 is 1.82 bits per heavy atom. The highest BCUT2D eigenvalue weighted by Gasteiger charge is 2.62. The summed E-state index contributed by atoms with van der Waals surface area (Å²) in [6.07, 6.45) is 0. The third kappa shape index (κ3) is 3.59. The van der Waals surface area contributed by atoms with Crippen molar-refractivity contribution in [1.82, 2.24) is 10.6 Å². The minimum absolute atomic E-state index is 0.145. The predicted octanol–water partition coefficient (Wildman–Crippen LogP) is 5.66. The molecule has 0 radical (unpaired) electrons. The molecule has 0 aromatic heterocycles. The molecule has 3 aromatic rings. The van der Waals surface area contributed by atoms with E-state index in [1.165, 1.54) is 5.01 Å². The second-order valence-electron chi connectivity index (χ2n) is 8.09. The number of benzene rings is 3. The van der Waals surface area contributed by atoms with Crippen molar-refractivity contribution in [3.05, 3.63) is 100 Å². The van der Waals surface area contributed by atoms with Crippen LogP contribution in [0.5, 0.6) is 0 Å². The standard InChI is InChI=1S/C25H20Cl2N4OS/c1-15-25(23(32)31(30-15)20-5-3-2-4-6-20)21(16-7-11-18(26)12-8-16)28-24(33)29-22(25)17-9-13-19(27)14-10-17/h2-14,21-22H,1H3,(H2,28,29,33)/t21-,22-/m0/s1. The van der Waals surface area contributed by atoms with E-state index in [4.69, 9.17) is 40.5 Å². The highest BCUT2D eigenvalue weighted by Crippen LogP contribution is 2.52. The molecule has 2 atom stereocenters. The Bertz CT molecular complexity index is 1190. The Morgan fingerprint density at radius 1 is 0.848 bits per heavy atom. The Labute approximate surface area is 207 Å². The molecule has 2 aliphatic rings. The zero-order chi connectivity index (χ0) is 23.2. The molecule has 0 unspecified atom stereocenters. The van der Waals surface area contributed by atoms with Crippen molar-refractivity contribution in [3.63, 3.8) is 0 Å². The number of nitrogens with one attached hydrogen (secondary N) is 2. The van der Waals surface area contributed by atoms with Gasteiger partial charge in [0.2, 0.25) is 0 Å². The molecular formula is C25H20Cl2N4OS. The molecule has 5 rings (SSSR count). The first-order valence-electron chi connectivity index (χ1n) is 10.4. The normalized spacial score (nSPS) is 21.5. The summed E-state index contributed by atoms with van der Waals surface area (Å²) in [5.41, 5.74) is 2.08. The number of hydrogen-bond acceptors (Lipinski definition) is 3. The number of hydrogen-bond donors (Lipinski definition) is 2. The monoisotopic (exact) mass is 494 g/mol. The number of nitrogens with zero attached hydrogens (tertiary/aromatic N) is 2. The zero-order valence-corrected chi connectivity index (χ0v) is 20.0. The smallest absolute Gasteiger partial charge is 0.264 e. The first kappa shape index (κ1) is 21.9. The number of thiocarbonyl (C=S) groups is 1. The van der Waals surface area contributed by atoms with Gasteiger partial charge < -0.3 is 10.6 Å². The van der Waals surface area contributed by atoms with Gasteiger partial charge in [0.15, 0.2) is 5.11 Å². The lowest BCUT2D eigenvalue weighted by Gasteiger charge is -2.47. The van der Waals surface area contributed by atoms with Gasteiger partial charge in [0.1, 0.15) is 5.41 Å². The second-order valence-corrected chi connectivity index (χ2v) is 9.37. The molecule has 1 saturated heterocycles. The van der Waals surface area contributed by atoms with Crippen molar-refractivity contribution >= 4 is 57.8 Å². The molecule has 1 fully saturated rings. The Morgan fingerprint density at radius 2 is 1.33 bits per heavy atom. The SMILES string of the molecule is CC1=NN(c2ccccc2)C(=O)C12[C@H](c1ccc(Cl)cc1)NC(=S)N[C@H]2c1ccc(Cl)cc1. The van der Waals surface area contributed by atoms with Crippen LogP contribution in [0.2, 0.25) is 10.0 Å². The van der Waals surface area contributed by atoms with Gasteiger partial charge in [-0.15, -0.1) is 0 Å². The topological polar surface area (TPSA) is 56.7 Å². The number of para-hydroxylation sites is 1. The highest BCUT2D eigenvalue weighted by atomic mass is 35.5. The van der Waals surface area contributed by atoms with Crippen LogP contribution in [0.1, 0.15) is 30.1 Å². The van der Waals surface area contributed by atoms with Gasteiger partial charge in [-0.2, -0.15) is 10.1 Å². The summed E-state index contributed by atoms with van der Waals surface area (Å²) in [4.78, 5) is 14.3. The summed E-state index contributed by atoms with van der Waals surface area (Å²) in [5.74, 6) is -0.145. The number of carbonyl (C=O) groups excluding carboxylic acids is 1. The molecule has 3 aromatic carbocycles. The van der Waals surface area contributed by atoms with Crippen molar-refractivity contribution in [2.45, 2.75) is 19.0 Å². The van der Waals surface area contributed by atoms with Crippen LogP contribution < -0.4 is 15.6 Å². The van der Waals surface area contributed by atoms with Crippen molar-refractivity contribution in [3.8, 4) is 0 Å². The molecule has 2 N–H and O–H groups in total. The first-order valence-corrected chi connectivity index (χ1v) is 11.6. The summed E-state index contributed by atoms with van der Waals surface area (Å²) in [7, 11) is 0. The average molecular weight is 495 g/mol. The van der Waals surface area contributed by atoms with E-state index in [0.717, 1.165) is 11.1 Å². The van der Waals surface area contributed by atoms with E-state index in [1.807, 2.05) is 85.8 Å². The number of hydrazone groups is 1. The van der Waals surface area contributed by atoms with Crippen LogP contribution >= 0.6 is 35.4 Å². The maximum absolute atomic E-state index is 14.3. The fraction of sp³-hybridized carbons (Fsp3) is 0.160. The van der Waals surface area contributed by atoms with Gasteiger partial charge in [0.05, 0.1) is 23.5 Å². The molecule has 5 nitrogen and oxygen atoms in total. The fourth-order valence-electron chi connectivity index (χ4n) is 4.72. The van der Waals surface area contributed by atoms with Crippen LogP contribution in [0.3, 0.4) is 0 Å². The van der Waals surface area contributed by atoms with Crippen LogP contribution in [0, 0.1) is 5.41 Å². The van der Waals surface area contributed by atoms with Gasteiger partial charge in [0, 0.05) is 10.0 Å². The number of rotatable bonds is 3. The lowest BCUT2D eigenvalue weighted by atomic mass is 9.65. The van der Waals surface area contributed by atoms with Gasteiger partial charge in [-0.1, -0.05) is 65.7 Å².